The number of aromatic nitrogens is 1. The third-order valence-electron chi connectivity index (χ3n) is 3.86. The maximum absolute atomic E-state index is 14.6. The van der Waals surface area contributed by atoms with E-state index in [4.69, 9.17) is 11.6 Å². The van der Waals surface area contributed by atoms with Crippen LogP contribution in [0.4, 0.5) is 10.1 Å². The molecule has 1 atom stereocenters. The number of halogens is 2. The zero-order valence-electron chi connectivity index (χ0n) is 13.4. The van der Waals surface area contributed by atoms with Crippen LogP contribution in [-0.2, 0) is 4.79 Å². The van der Waals surface area contributed by atoms with Gasteiger partial charge in [-0.2, -0.15) is 0 Å². The van der Waals surface area contributed by atoms with Crippen molar-refractivity contribution in [3.8, 4) is 11.3 Å². The average Bonchev–Trinajstić information content (AvgIpc) is 2.67. The first-order valence-corrected chi connectivity index (χ1v) is 8.06. The van der Waals surface area contributed by atoms with Gasteiger partial charge in [0.1, 0.15) is 18.1 Å². The van der Waals surface area contributed by atoms with Crippen molar-refractivity contribution in [1.82, 2.24) is 4.98 Å². The number of carbonyl (C=O) groups is 1. The minimum atomic E-state index is -1.07. The van der Waals surface area contributed by atoms with E-state index in [-0.39, 0.29) is 11.3 Å². The van der Waals surface area contributed by atoms with E-state index < -0.39 is 11.9 Å². The Morgan fingerprint density at radius 2 is 1.88 bits per heavy atom. The van der Waals surface area contributed by atoms with Crippen molar-refractivity contribution in [1.29, 1.82) is 0 Å². The third kappa shape index (κ3) is 3.45. The van der Waals surface area contributed by atoms with Crippen LogP contribution in [0.25, 0.3) is 11.3 Å². The SMILES string of the molecule is O=CC(c1ccccc1Cl)N(N=O)c1ccc(-c2ccccn2)c(F)c1. The van der Waals surface area contributed by atoms with E-state index in [1.54, 1.807) is 48.7 Å². The molecule has 0 N–H and O–H groups in total. The van der Waals surface area contributed by atoms with Crippen molar-refractivity contribution in [3.63, 3.8) is 0 Å². The molecule has 1 heterocycles. The molecule has 1 unspecified atom stereocenters. The van der Waals surface area contributed by atoms with E-state index in [9.17, 15) is 14.1 Å². The Hall–Kier alpha value is -3.12. The molecular formula is C19H13ClFN3O2. The number of nitroso groups, excluding NO2 is 1. The van der Waals surface area contributed by atoms with Gasteiger partial charge in [0.2, 0.25) is 0 Å². The first kappa shape index (κ1) is 17.7. The van der Waals surface area contributed by atoms with Gasteiger partial charge in [0, 0.05) is 22.3 Å². The summed E-state index contributed by atoms with van der Waals surface area (Å²) in [7, 11) is 0. The molecule has 0 amide bonds. The first-order chi connectivity index (χ1) is 12.7. The Morgan fingerprint density at radius 1 is 1.12 bits per heavy atom. The highest BCUT2D eigenvalue weighted by Gasteiger charge is 2.24. The molecule has 3 aromatic rings. The average molecular weight is 370 g/mol. The maximum Gasteiger partial charge on any atom is 0.149 e. The van der Waals surface area contributed by atoms with Gasteiger partial charge < -0.3 is 4.79 Å². The number of anilines is 1. The summed E-state index contributed by atoms with van der Waals surface area (Å²) in [6.45, 7) is 0. The van der Waals surface area contributed by atoms with Gasteiger partial charge in [0.15, 0.2) is 0 Å². The molecule has 0 fully saturated rings. The fourth-order valence-corrected chi connectivity index (χ4v) is 2.86. The molecule has 0 radical (unpaired) electrons. The fraction of sp³-hybridized carbons (Fsp3) is 0.0526. The van der Waals surface area contributed by atoms with E-state index in [0.717, 1.165) is 11.1 Å². The summed E-state index contributed by atoms with van der Waals surface area (Å²) in [6.07, 6.45) is 2.09. The van der Waals surface area contributed by atoms with Crippen molar-refractivity contribution in [2.75, 3.05) is 5.01 Å². The molecule has 5 nitrogen and oxygen atoms in total. The van der Waals surface area contributed by atoms with Gasteiger partial charge >= 0.3 is 0 Å². The van der Waals surface area contributed by atoms with Crippen LogP contribution in [-0.4, -0.2) is 11.3 Å². The fourth-order valence-electron chi connectivity index (χ4n) is 2.61. The highest BCUT2D eigenvalue weighted by molar-refractivity contribution is 6.31. The van der Waals surface area contributed by atoms with Crippen LogP contribution >= 0.6 is 11.6 Å². The highest BCUT2D eigenvalue weighted by Crippen LogP contribution is 2.32. The van der Waals surface area contributed by atoms with Crippen LogP contribution in [0.5, 0.6) is 0 Å². The second-order valence-corrected chi connectivity index (χ2v) is 5.81. The molecule has 3 rings (SSSR count). The number of carbonyl (C=O) groups excluding carboxylic acids is 1. The molecule has 0 saturated carbocycles. The molecule has 1 aromatic heterocycles. The van der Waals surface area contributed by atoms with Crippen LogP contribution < -0.4 is 5.01 Å². The number of aldehydes is 1. The van der Waals surface area contributed by atoms with Crippen molar-refractivity contribution < 1.29 is 9.18 Å². The lowest BCUT2D eigenvalue weighted by atomic mass is 10.1. The summed E-state index contributed by atoms with van der Waals surface area (Å²) in [5.74, 6) is -0.585. The molecule has 26 heavy (non-hydrogen) atoms. The Bertz CT molecular complexity index is 937. The third-order valence-corrected chi connectivity index (χ3v) is 4.21. The highest BCUT2D eigenvalue weighted by atomic mass is 35.5. The molecule has 7 heteroatoms. The Morgan fingerprint density at radius 3 is 2.50 bits per heavy atom. The summed E-state index contributed by atoms with van der Waals surface area (Å²) >= 11 is 6.11. The number of hydrogen-bond donors (Lipinski definition) is 0. The van der Waals surface area contributed by atoms with Gasteiger partial charge in [-0.05, 0) is 36.4 Å². The molecule has 0 saturated heterocycles. The molecule has 0 aliphatic heterocycles. The number of rotatable bonds is 6. The largest absolute Gasteiger partial charge is 0.301 e. The molecule has 2 aromatic carbocycles. The summed E-state index contributed by atoms with van der Waals surface area (Å²) in [5.41, 5.74) is 1.27. The Labute approximate surface area is 154 Å². The van der Waals surface area contributed by atoms with Gasteiger partial charge in [0.25, 0.3) is 0 Å². The van der Waals surface area contributed by atoms with Gasteiger partial charge in [-0.1, -0.05) is 35.9 Å². The van der Waals surface area contributed by atoms with Gasteiger partial charge in [-0.15, -0.1) is 4.91 Å². The van der Waals surface area contributed by atoms with Crippen molar-refractivity contribution in [2.24, 2.45) is 5.29 Å². The Balaban J connectivity index is 2.00. The maximum atomic E-state index is 14.6. The lowest BCUT2D eigenvalue weighted by Crippen LogP contribution is -2.24. The zero-order valence-corrected chi connectivity index (χ0v) is 14.2. The monoisotopic (exact) mass is 369 g/mol. The van der Waals surface area contributed by atoms with E-state index >= 15 is 0 Å². The summed E-state index contributed by atoms with van der Waals surface area (Å²) in [6, 6.07) is 14.8. The summed E-state index contributed by atoms with van der Waals surface area (Å²) < 4.78 is 14.6. The molecule has 0 spiro atoms. The van der Waals surface area contributed by atoms with Crippen molar-refractivity contribution in [3.05, 3.63) is 88.2 Å². The second kappa shape index (κ2) is 7.84. The predicted molar refractivity (Wildman–Crippen MR) is 98.2 cm³/mol. The molecule has 130 valence electrons. The molecule has 0 bridgehead atoms. The van der Waals surface area contributed by atoms with Crippen LogP contribution in [0, 0.1) is 10.7 Å². The van der Waals surface area contributed by atoms with E-state index in [2.05, 4.69) is 10.3 Å². The predicted octanol–water partition coefficient (Wildman–Crippen LogP) is 4.97. The van der Waals surface area contributed by atoms with E-state index in [1.165, 1.54) is 12.1 Å². The van der Waals surface area contributed by atoms with Crippen LogP contribution in [0.15, 0.2) is 72.1 Å². The zero-order chi connectivity index (χ0) is 18.5. The lowest BCUT2D eigenvalue weighted by molar-refractivity contribution is -0.109. The number of benzene rings is 2. The standard InChI is InChI=1S/C19H13ClFN3O2/c20-16-6-2-1-5-14(16)19(12-25)24(23-26)13-8-9-15(17(21)11-13)18-7-3-4-10-22-18/h1-12,19H. The van der Waals surface area contributed by atoms with Crippen molar-refractivity contribution >= 4 is 23.6 Å². The smallest absolute Gasteiger partial charge is 0.149 e. The van der Waals surface area contributed by atoms with Crippen LogP contribution in [0.3, 0.4) is 0 Å². The summed E-state index contributed by atoms with van der Waals surface area (Å²) in [4.78, 5) is 27.1. The van der Waals surface area contributed by atoms with Crippen molar-refractivity contribution in [2.45, 2.75) is 6.04 Å². The number of pyridine rings is 1. The molecule has 0 aliphatic rings. The first-order valence-electron chi connectivity index (χ1n) is 7.69. The number of hydrogen-bond acceptors (Lipinski definition) is 4. The number of nitrogens with zero attached hydrogens (tertiary/aromatic N) is 3. The molecule has 0 aliphatic carbocycles. The van der Waals surface area contributed by atoms with Gasteiger partial charge in [0.05, 0.1) is 16.7 Å². The van der Waals surface area contributed by atoms with E-state index in [0.29, 0.717) is 22.6 Å². The van der Waals surface area contributed by atoms with Crippen LogP contribution in [0.2, 0.25) is 5.02 Å². The minimum Gasteiger partial charge on any atom is -0.301 e. The normalized spacial score (nSPS) is 11.6. The van der Waals surface area contributed by atoms with Gasteiger partial charge in [-0.3, -0.25) is 4.98 Å². The Kier molecular flexibility index (Phi) is 5.34. The molecular weight excluding hydrogens is 357 g/mol. The topological polar surface area (TPSA) is 62.6 Å². The van der Waals surface area contributed by atoms with E-state index in [1.807, 2.05) is 0 Å². The van der Waals surface area contributed by atoms with Crippen LogP contribution in [0.1, 0.15) is 11.6 Å². The summed E-state index contributed by atoms with van der Waals surface area (Å²) in [5, 5.41) is 4.10. The minimum absolute atomic E-state index is 0.134. The quantitative estimate of drug-likeness (QED) is 0.349. The second-order valence-electron chi connectivity index (χ2n) is 5.41. The van der Waals surface area contributed by atoms with Gasteiger partial charge in [-0.25, -0.2) is 9.40 Å². The lowest BCUT2D eigenvalue weighted by Gasteiger charge is -2.23.